The van der Waals surface area contributed by atoms with Crippen molar-refractivity contribution in [3.8, 4) is 0 Å². The SMILES string of the molecule is CC(OCc1c(F)cc(Br)cc1F)C(C(N)=O)C(NC(=O)NCCCCN1CCCC1)SN. The number of primary amides is 1. The smallest absolute Gasteiger partial charge is 0.315 e. The van der Waals surface area contributed by atoms with Crippen LogP contribution in [0.15, 0.2) is 16.6 Å². The number of hydrogen-bond acceptors (Lipinski definition) is 6. The van der Waals surface area contributed by atoms with Crippen LogP contribution in [0.3, 0.4) is 0 Å². The molecule has 0 bridgehead atoms. The first-order valence-corrected chi connectivity index (χ1v) is 12.6. The van der Waals surface area contributed by atoms with Crippen molar-refractivity contribution in [2.45, 2.75) is 50.7 Å². The lowest BCUT2D eigenvalue weighted by Gasteiger charge is -2.28. The van der Waals surface area contributed by atoms with Crippen LogP contribution in [0.5, 0.6) is 0 Å². The van der Waals surface area contributed by atoms with Gasteiger partial charge in [0.05, 0.1) is 18.6 Å². The van der Waals surface area contributed by atoms with Crippen LogP contribution in [-0.4, -0.2) is 54.5 Å². The summed E-state index contributed by atoms with van der Waals surface area (Å²) in [6, 6.07) is 1.75. The van der Waals surface area contributed by atoms with Gasteiger partial charge in [-0.3, -0.25) is 9.93 Å². The summed E-state index contributed by atoms with van der Waals surface area (Å²) in [5.41, 5.74) is 5.25. The van der Waals surface area contributed by atoms with Gasteiger partial charge >= 0.3 is 6.03 Å². The number of likely N-dealkylation sites (tertiary alicyclic amines) is 1. The molecule has 1 aromatic rings. The monoisotopic (exact) mass is 551 g/mol. The van der Waals surface area contributed by atoms with Crippen molar-refractivity contribution in [3.05, 3.63) is 33.8 Å². The highest BCUT2D eigenvalue weighted by Crippen LogP contribution is 2.23. The molecule has 3 amide bonds. The molecule has 3 atom stereocenters. The van der Waals surface area contributed by atoms with Crippen LogP contribution in [0.4, 0.5) is 13.6 Å². The zero-order valence-corrected chi connectivity index (χ0v) is 21.0. The van der Waals surface area contributed by atoms with Gasteiger partial charge in [0.1, 0.15) is 17.0 Å². The third-order valence-electron chi connectivity index (χ3n) is 5.56. The van der Waals surface area contributed by atoms with E-state index >= 15 is 0 Å². The Morgan fingerprint density at radius 2 is 1.88 bits per heavy atom. The number of carbonyl (C=O) groups excluding carboxylic acids is 2. The van der Waals surface area contributed by atoms with Crippen molar-refractivity contribution in [1.29, 1.82) is 0 Å². The summed E-state index contributed by atoms with van der Waals surface area (Å²) in [5.74, 6) is -3.34. The second kappa shape index (κ2) is 14.1. The van der Waals surface area contributed by atoms with E-state index in [0.29, 0.717) is 6.54 Å². The van der Waals surface area contributed by atoms with Gasteiger partial charge in [0, 0.05) is 16.6 Å². The molecule has 0 radical (unpaired) electrons. The Balaban J connectivity index is 1.84. The van der Waals surface area contributed by atoms with Gasteiger partial charge in [-0.1, -0.05) is 27.9 Å². The number of amides is 3. The molecule has 1 aliphatic heterocycles. The molecular formula is C21H32BrF2N5O3S. The van der Waals surface area contributed by atoms with Crippen LogP contribution in [0.2, 0.25) is 0 Å². The van der Waals surface area contributed by atoms with Crippen LogP contribution >= 0.6 is 27.9 Å². The van der Waals surface area contributed by atoms with E-state index < -0.39 is 47.6 Å². The van der Waals surface area contributed by atoms with E-state index in [9.17, 15) is 18.4 Å². The largest absolute Gasteiger partial charge is 0.373 e. The third kappa shape index (κ3) is 9.01. The van der Waals surface area contributed by atoms with E-state index in [-0.39, 0.29) is 10.0 Å². The number of hydrogen-bond donors (Lipinski definition) is 4. The Bertz CT molecular complexity index is 778. The maximum Gasteiger partial charge on any atom is 0.315 e. The molecule has 2 rings (SSSR count). The first-order chi connectivity index (χ1) is 15.7. The lowest BCUT2D eigenvalue weighted by Crippen LogP contribution is -2.51. The normalized spacial score (nSPS) is 16.9. The van der Waals surface area contributed by atoms with Crippen LogP contribution < -0.4 is 21.5 Å². The van der Waals surface area contributed by atoms with Crippen LogP contribution in [0, 0.1) is 17.6 Å². The predicted molar refractivity (Wildman–Crippen MR) is 128 cm³/mol. The lowest BCUT2D eigenvalue weighted by atomic mass is 10.0. The van der Waals surface area contributed by atoms with Gasteiger partial charge < -0.3 is 26.0 Å². The average molecular weight is 552 g/mol. The molecular weight excluding hydrogens is 520 g/mol. The van der Waals surface area contributed by atoms with Crippen molar-refractivity contribution in [2.75, 3.05) is 26.2 Å². The predicted octanol–water partition coefficient (Wildman–Crippen LogP) is 2.84. The van der Waals surface area contributed by atoms with Gasteiger partial charge in [-0.05, 0) is 64.4 Å². The topological polar surface area (TPSA) is 123 Å². The highest BCUT2D eigenvalue weighted by atomic mass is 79.9. The van der Waals surface area contributed by atoms with Crippen molar-refractivity contribution >= 4 is 39.8 Å². The maximum absolute atomic E-state index is 14.0. The van der Waals surface area contributed by atoms with Gasteiger partial charge in [0.25, 0.3) is 0 Å². The Morgan fingerprint density at radius 3 is 2.45 bits per heavy atom. The minimum atomic E-state index is -1.03. The van der Waals surface area contributed by atoms with E-state index in [4.69, 9.17) is 15.6 Å². The maximum atomic E-state index is 14.0. The number of benzene rings is 1. The molecule has 1 heterocycles. The number of urea groups is 1. The number of rotatable bonds is 13. The molecule has 0 spiro atoms. The number of halogens is 3. The Labute approximate surface area is 205 Å². The molecule has 0 aromatic heterocycles. The summed E-state index contributed by atoms with van der Waals surface area (Å²) in [7, 11) is 0. The van der Waals surface area contributed by atoms with Crippen LogP contribution in [0.1, 0.15) is 38.2 Å². The summed E-state index contributed by atoms with van der Waals surface area (Å²) in [4.78, 5) is 26.8. The number of nitrogens with zero attached hydrogens (tertiary/aromatic N) is 1. The molecule has 1 fully saturated rings. The molecule has 186 valence electrons. The quantitative estimate of drug-likeness (QED) is 0.170. The molecule has 33 heavy (non-hydrogen) atoms. The summed E-state index contributed by atoms with van der Waals surface area (Å²) >= 11 is 3.76. The lowest BCUT2D eigenvalue weighted by molar-refractivity contribution is -0.127. The van der Waals surface area contributed by atoms with E-state index in [1.165, 1.54) is 19.8 Å². The summed E-state index contributed by atoms with van der Waals surface area (Å²) in [6.45, 7) is 4.89. The first-order valence-electron chi connectivity index (χ1n) is 10.9. The van der Waals surface area contributed by atoms with E-state index in [0.717, 1.165) is 56.6 Å². The fourth-order valence-electron chi connectivity index (χ4n) is 3.71. The summed E-state index contributed by atoms with van der Waals surface area (Å²) < 4.78 is 33.9. The third-order valence-corrected chi connectivity index (χ3v) is 6.72. The molecule has 1 aromatic carbocycles. The minimum Gasteiger partial charge on any atom is -0.373 e. The van der Waals surface area contributed by atoms with E-state index in [1.54, 1.807) is 0 Å². The molecule has 12 heteroatoms. The summed E-state index contributed by atoms with van der Waals surface area (Å²) in [6.07, 6.45) is 3.43. The van der Waals surface area contributed by atoms with Gasteiger partial charge in [-0.2, -0.15) is 0 Å². The number of ether oxygens (including phenoxy) is 1. The zero-order chi connectivity index (χ0) is 24.4. The zero-order valence-electron chi connectivity index (χ0n) is 18.6. The van der Waals surface area contributed by atoms with Crippen molar-refractivity contribution in [2.24, 2.45) is 16.8 Å². The fourth-order valence-corrected chi connectivity index (χ4v) is 4.81. The Kier molecular flexibility index (Phi) is 11.8. The van der Waals surface area contributed by atoms with Crippen molar-refractivity contribution in [3.63, 3.8) is 0 Å². The molecule has 1 saturated heterocycles. The fraction of sp³-hybridized carbons (Fsp3) is 0.619. The van der Waals surface area contributed by atoms with Gasteiger partial charge in [-0.25, -0.2) is 13.6 Å². The van der Waals surface area contributed by atoms with Gasteiger partial charge in [0.2, 0.25) is 5.91 Å². The molecule has 1 aliphatic rings. The van der Waals surface area contributed by atoms with Crippen LogP contribution in [-0.2, 0) is 16.1 Å². The highest BCUT2D eigenvalue weighted by molar-refractivity contribution is 9.10. The van der Waals surface area contributed by atoms with Crippen molar-refractivity contribution in [1.82, 2.24) is 15.5 Å². The first kappa shape index (κ1) is 27.8. The van der Waals surface area contributed by atoms with E-state index in [2.05, 4.69) is 31.5 Å². The number of nitrogens with two attached hydrogens (primary N) is 2. The number of carbonyl (C=O) groups is 2. The Hall–Kier alpha value is -1.47. The minimum absolute atomic E-state index is 0.259. The average Bonchev–Trinajstić information content (AvgIpc) is 3.25. The van der Waals surface area contributed by atoms with Gasteiger partial charge in [0.15, 0.2) is 0 Å². The Morgan fingerprint density at radius 1 is 1.24 bits per heavy atom. The number of nitrogens with one attached hydrogen (secondary N) is 2. The molecule has 0 saturated carbocycles. The summed E-state index contributed by atoms with van der Waals surface area (Å²) in [5, 5.41) is 10.2. The molecule has 3 unspecified atom stereocenters. The van der Waals surface area contributed by atoms with E-state index in [1.807, 2.05) is 0 Å². The standard InChI is InChI=1S/C21H32BrF2N5O3S/c1-13(32-12-15-16(23)10-14(22)11-17(15)24)18(19(25)30)20(33-26)28-21(31)27-6-2-3-7-29-8-4-5-9-29/h10-11,13,18,20H,2-9,12,26H2,1H3,(H2,25,30)(H2,27,28,31). The second-order valence-corrected chi connectivity index (χ2v) is 9.70. The van der Waals surface area contributed by atoms with Crippen molar-refractivity contribution < 1.29 is 23.1 Å². The molecule has 0 aliphatic carbocycles. The number of unbranched alkanes of at least 4 members (excludes halogenated alkanes) is 1. The molecule has 6 N–H and O–H groups in total. The van der Waals surface area contributed by atoms with Crippen LogP contribution in [0.25, 0.3) is 0 Å². The van der Waals surface area contributed by atoms with Gasteiger partial charge in [-0.15, -0.1) is 0 Å². The molecule has 8 nitrogen and oxygen atoms in total. The highest BCUT2D eigenvalue weighted by Gasteiger charge is 2.34. The second-order valence-electron chi connectivity index (χ2n) is 8.01.